The molecule has 0 radical (unpaired) electrons. The van der Waals surface area contributed by atoms with Crippen LogP contribution in [-0.4, -0.2) is 34.9 Å². The summed E-state index contributed by atoms with van der Waals surface area (Å²) in [4.78, 5) is 16.6. The van der Waals surface area contributed by atoms with Gasteiger partial charge in [0.05, 0.1) is 26.3 Å². The first-order chi connectivity index (χ1) is 15.1. The minimum Gasteiger partial charge on any atom is -0.497 e. The third-order valence-electron chi connectivity index (χ3n) is 5.44. The van der Waals surface area contributed by atoms with Crippen LogP contribution in [0.15, 0.2) is 48.5 Å². The monoisotopic (exact) mass is 421 g/mol. The van der Waals surface area contributed by atoms with Gasteiger partial charge in [-0.25, -0.2) is 4.68 Å². The number of rotatable bonds is 7. The molecule has 0 bridgehead atoms. The molecule has 162 valence electrons. The number of ether oxygens (including phenoxy) is 2. The lowest BCUT2D eigenvalue weighted by Crippen LogP contribution is -2.28. The molecule has 0 fully saturated rings. The lowest BCUT2D eigenvalue weighted by Gasteiger charge is -2.31. The van der Waals surface area contributed by atoms with Crippen LogP contribution in [0.1, 0.15) is 49.4 Å². The highest BCUT2D eigenvalue weighted by atomic mass is 16.5. The zero-order chi connectivity index (χ0) is 21.8. The van der Waals surface area contributed by atoms with E-state index in [0.29, 0.717) is 18.3 Å². The Morgan fingerprint density at radius 2 is 1.68 bits per heavy atom. The van der Waals surface area contributed by atoms with Gasteiger partial charge in [-0.2, -0.15) is 4.98 Å². The number of anilines is 2. The molecule has 2 atom stereocenters. The first-order valence-corrected chi connectivity index (χ1v) is 10.4. The number of carbonyl (C=O) groups excluding carboxylic acids is 1. The minimum absolute atomic E-state index is 0.0360. The molecule has 4 rings (SSSR count). The smallest absolute Gasteiger partial charge is 0.250 e. The third kappa shape index (κ3) is 4.47. The average molecular weight is 422 g/mol. The quantitative estimate of drug-likeness (QED) is 0.595. The molecule has 1 aliphatic rings. The van der Waals surface area contributed by atoms with E-state index in [0.717, 1.165) is 35.5 Å². The fraction of sp³-hybridized carbons (Fsp3) is 0.348. The number of nitrogens with zero attached hydrogens (tertiary/aromatic N) is 3. The van der Waals surface area contributed by atoms with Crippen LogP contribution in [0.2, 0.25) is 0 Å². The second-order valence-corrected chi connectivity index (χ2v) is 7.50. The van der Waals surface area contributed by atoms with Crippen molar-refractivity contribution >= 4 is 17.8 Å². The van der Waals surface area contributed by atoms with Gasteiger partial charge in [-0.3, -0.25) is 10.1 Å². The molecule has 8 heteroatoms. The van der Waals surface area contributed by atoms with Crippen LogP contribution in [0.3, 0.4) is 0 Å². The number of hydrogen-bond donors (Lipinski definition) is 2. The number of carbonyl (C=O) groups is 1. The van der Waals surface area contributed by atoms with Crippen molar-refractivity contribution in [3.05, 3.63) is 59.7 Å². The molecule has 1 aromatic heterocycles. The number of benzene rings is 2. The van der Waals surface area contributed by atoms with Gasteiger partial charge in [-0.05, 0) is 48.2 Å². The van der Waals surface area contributed by atoms with E-state index in [1.54, 1.807) is 14.2 Å². The molecule has 2 N–H and O–H groups in total. The fourth-order valence-electron chi connectivity index (χ4n) is 3.80. The standard InChI is InChI=1S/C23H27N5O3/c1-4-5-21(29)25-22-26-23-24-19(15-6-10-17(30-2)11-7-15)14-20(28(23)27-22)16-8-12-18(31-3)13-9-16/h6-13,19-20H,4-5,14H2,1-3H3,(H2,24,25,26,27,29)/t19-,20-/m0/s1. The zero-order valence-corrected chi connectivity index (χ0v) is 18.0. The van der Waals surface area contributed by atoms with E-state index in [9.17, 15) is 4.79 Å². The van der Waals surface area contributed by atoms with Crippen molar-refractivity contribution in [2.45, 2.75) is 38.3 Å². The van der Waals surface area contributed by atoms with Crippen LogP contribution in [-0.2, 0) is 4.79 Å². The molecular formula is C23H27N5O3. The van der Waals surface area contributed by atoms with Crippen molar-refractivity contribution in [2.24, 2.45) is 0 Å². The van der Waals surface area contributed by atoms with E-state index in [2.05, 4.69) is 32.8 Å². The third-order valence-corrected chi connectivity index (χ3v) is 5.44. The molecule has 3 aromatic rings. The molecule has 0 saturated heterocycles. The lowest BCUT2D eigenvalue weighted by molar-refractivity contribution is -0.116. The molecule has 0 spiro atoms. The number of nitrogens with one attached hydrogen (secondary N) is 2. The Morgan fingerprint density at radius 1 is 1.06 bits per heavy atom. The molecular weight excluding hydrogens is 394 g/mol. The Hall–Kier alpha value is -3.55. The Bertz CT molecular complexity index is 1030. The Labute approximate surface area is 181 Å². The predicted molar refractivity (Wildman–Crippen MR) is 119 cm³/mol. The minimum atomic E-state index is -0.0850. The van der Waals surface area contributed by atoms with Crippen molar-refractivity contribution in [2.75, 3.05) is 24.9 Å². The molecule has 0 saturated carbocycles. The van der Waals surface area contributed by atoms with E-state index >= 15 is 0 Å². The van der Waals surface area contributed by atoms with E-state index in [-0.39, 0.29) is 18.0 Å². The van der Waals surface area contributed by atoms with Crippen molar-refractivity contribution in [3.8, 4) is 11.5 Å². The summed E-state index contributed by atoms with van der Waals surface area (Å²) in [6.45, 7) is 1.96. The lowest BCUT2D eigenvalue weighted by atomic mass is 9.93. The van der Waals surface area contributed by atoms with Crippen LogP contribution in [0.25, 0.3) is 0 Å². The number of aromatic nitrogens is 3. The first kappa shape index (κ1) is 20.7. The summed E-state index contributed by atoms with van der Waals surface area (Å²) < 4.78 is 12.4. The molecule has 8 nitrogen and oxygen atoms in total. The first-order valence-electron chi connectivity index (χ1n) is 10.4. The van der Waals surface area contributed by atoms with E-state index < -0.39 is 0 Å². The average Bonchev–Trinajstić information content (AvgIpc) is 3.21. The zero-order valence-electron chi connectivity index (χ0n) is 18.0. The van der Waals surface area contributed by atoms with Gasteiger partial charge in [0.25, 0.3) is 5.95 Å². The molecule has 0 aliphatic carbocycles. The van der Waals surface area contributed by atoms with Gasteiger partial charge in [-0.15, -0.1) is 5.10 Å². The van der Waals surface area contributed by atoms with E-state index in [4.69, 9.17) is 9.47 Å². The molecule has 1 amide bonds. The van der Waals surface area contributed by atoms with Crippen molar-refractivity contribution in [1.82, 2.24) is 14.8 Å². The molecule has 2 aromatic carbocycles. The summed E-state index contributed by atoms with van der Waals surface area (Å²) in [5, 5.41) is 10.9. The largest absolute Gasteiger partial charge is 0.497 e. The predicted octanol–water partition coefficient (Wildman–Crippen LogP) is 4.18. The van der Waals surface area contributed by atoms with Gasteiger partial charge >= 0.3 is 0 Å². The van der Waals surface area contributed by atoms with Gasteiger partial charge in [0.2, 0.25) is 11.9 Å². The number of amides is 1. The highest BCUT2D eigenvalue weighted by molar-refractivity contribution is 5.88. The van der Waals surface area contributed by atoms with E-state index in [1.165, 1.54) is 0 Å². The molecule has 2 heterocycles. The van der Waals surface area contributed by atoms with Gasteiger partial charge in [0.15, 0.2) is 0 Å². The van der Waals surface area contributed by atoms with Crippen LogP contribution >= 0.6 is 0 Å². The number of hydrogen-bond acceptors (Lipinski definition) is 6. The van der Waals surface area contributed by atoms with Crippen LogP contribution < -0.4 is 20.1 Å². The summed E-state index contributed by atoms with van der Waals surface area (Å²) in [7, 11) is 3.31. The highest BCUT2D eigenvalue weighted by Gasteiger charge is 2.31. The van der Waals surface area contributed by atoms with Crippen molar-refractivity contribution < 1.29 is 14.3 Å². The van der Waals surface area contributed by atoms with Crippen LogP contribution in [0.4, 0.5) is 11.9 Å². The number of methoxy groups -OCH3 is 2. The summed E-state index contributed by atoms with van der Waals surface area (Å²) in [5.74, 6) is 2.47. The van der Waals surface area contributed by atoms with Gasteiger partial charge < -0.3 is 14.8 Å². The number of fused-ring (bicyclic) bond motifs is 1. The maximum absolute atomic E-state index is 12.0. The second kappa shape index (κ2) is 9.07. The molecule has 31 heavy (non-hydrogen) atoms. The maximum Gasteiger partial charge on any atom is 0.250 e. The van der Waals surface area contributed by atoms with Crippen molar-refractivity contribution in [3.63, 3.8) is 0 Å². The summed E-state index contributed by atoms with van der Waals surface area (Å²) in [6, 6.07) is 16.0. The highest BCUT2D eigenvalue weighted by Crippen LogP contribution is 2.39. The Balaban J connectivity index is 1.67. The summed E-state index contributed by atoms with van der Waals surface area (Å²) >= 11 is 0. The Kier molecular flexibility index (Phi) is 6.06. The Morgan fingerprint density at radius 3 is 2.26 bits per heavy atom. The van der Waals surface area contributed by atoms with Crippen LogP contribution in [0, 0.1) is 0 Å². The normalized spacial score (nSPS) is 17.4. The summed E-state index contributed by atoms with van der Waals surface area (Å²) in [6.07, 6.45) is 1.98. The topological polar surface area (TPSA) is 90.3 Å². The molecule has 1 aliphatic heterocycles. The van der Waals surface area contributed by atoms with Gasteiger partial charge in [0.1, 0.15) is 11.5 Å². The van der Waals surface area contributed by atoms with Crippen molar-refractivity contribution in [1.29, 1.82) is 0 Å². The van der Waals surface area contributed by atoms with E-state index in [1.807, 2.05) is 48.0 Å². The fourth-order valence-corrected chi connectivity index (χ4v) is 3.80. The van der Waals surface area contributed by atoms with Gasteiger partial charge in [0, 0.05) is 6.42 Å². The SMILES string of the molecule is CCCC(=O)Nc1nc2n(n1)[C@H](c1ccc(OC)cc1)C[C@@H](c1ccc(OC)cc1)N2. The molecule has 0 unspecified atom stereocenters. The summed E-state index contributed by atoms with van der Waals surface area (Å²) in [5.41, 5.74) is 2.23. The maximum atomic E-state index is 12.0. The van der Waals surface area contributed by atoms with Crippen LogP contribution in [0.5, 0.6) is 11.5 Å². The van der Waals surface area contributed by atoms with Gasteiger partial charge in [-0.1, -0.05) is 31.2 Å². The second-order valence-electron chi connectivity index (χ2n) is 7.50.